The molecule has 7 nitrogen and oxygen atoms in total. The number of anilines is 1. The maximum atomic E-state index is 12.7. The molecule has 0 aliphatic carbocycles. The van der Waals surface area contributed by atoms with Gasteiger partial charge in [0.2, 0.25) is 15.9 Å². The van der Waals surface area contributed by atoms with Crippen LogP contribution in [0.5, 0.6) is 0 Å². The van der Waals surface area contributed by atoms with Gasteiger partial charge in [0.15, 0.2) is 0 Å². The van der Waals surface area contributed by atoms with E-state index in [2.05, 4.69) is 10.0 Å². The number of nitrogens with one attached hydrogen (secondary N) is 2. The van der Waals surface area contributed by atoms with Gasteiger partial charge < -0.3 is 10.2 Å². The fourth-order valence-electron chi connectivity index (χ4n) is 3.04. The first-order chi connectivity index (χ1) is 10.7. The van der Waals surface area contributed by atoms with Crippen LogP contribution in [0.25, 0.3) is 0 Å². The van der Waals surface area contributed by atoms with Crippen LogP contribution in [0.15, 0.2) is 18.2 Å². The number of piperidine rings is 1. The molecule has 2 aliphatic heterocycles. The molecule has 1 aromatic rings. The lowest BCUT2D eigenvalue weighted by Gasteiger charge is -2.37. The van der Waals surface area contributed by atoms with E-state index >= 15 is 0 Å². The van der Waals surface area contributed by atoms with Gasteiger partial charge in [0, 0.05) is 17.6 Å². The summed E-state index contributed by atoms with van der Waals surface area (Å²) in [5.41, 5.74) is 0.772. The molecule has 1 saturated heterocycles. The Morgan fingerprint density at radius 3 is 2.78 bits per heavy atom. The van der Waals surface area contributed by atoms with E-state index in [-0.39, 0.29) is 24.3 Å². The first kappa shape index (κ1) is 16.2. The Hall–Kier alpha value is -1.64. The maximum absolute atomic E-state index is 12.7. The molecule has 0 spiro atoms. The normalized spacial score (nSPS) is 24.5. The molecule has 23 heavy (non-hydrogen) atoms. The topological polar surface area (TPSA) is 95.6 Å². The van der Waals surface area contributed by atoms with Crippen LogP contribution in [-0.2, 0) is 14.8 Å². The van der Waals surface area contributed by atoms with Gasteiger partial charge in [0.25, 0.3) is 5.91 Å². The quantitative estimate of drug-likeness (QED) is 0.819. The van der Waals surface area contributed by atoms with Crippen LogP contribution in [0.4, 0.5) is 5.69 Å². The van der Waals surface area contributed by atoms with Crippen LogP contribution >= 0.6 is 11.6 Å². The molecule has 0 radical (unpaired) electrons. The largest absolute Gasteiger partial charge is 0.326 e. The van der Waals surface area contributed by atoms with Crippen LogP contribution in [0.2, 0.25) is 5.02 Å². The number of nitrogens with zero attached hydrogens (tertiary/aromatic N) is 1. The van der Waals surface area contributed by atoms with Crippen molar-refractivity contribution >= 4 is 39.1 Å². The fourth-order valence-corrected chi connectivity index (χ4v) is 4.04. The second-order valence-corrected chi connectivity index (χ2v) is 8.02. The summed E-state index contributed by atoms with van der Waals surface area (Å²) in [6.07, 6.45) is 1.79. The van der Waals surface area contributed by atoms with Crippen LogP contribution in [0.1, 0.15) is 23.2 Å². The van der Waals surface area contributed by atoms with Crippen molar-refractivity contribution < 1.29 is 18.0 Å². The average molecular weight is 358 g/mol. The van der Waals surface area contributed by atoms with Gasteiger partial charge in [-0.1, -0.05) is 11.6 Å². The van der Waals surface area contributed by atoms with Gasteiger partial charge in [0.1, 0.15) is 6.04 Å². The summed E-state index contributed by atoms with van der Waals surface area (Å²) in [5.74, 6) is -0.586. The van der Waals surface area contributed by atoms with Crippen molar-refractivity contribution in [2.24, 2.45) is 0 Å². The van der Waals surface area contributed by atoms with Gasteiger partial charge in [0.05, 0.1) is 17.5 Å². The maximum Gasteiger partial charge on any atom is 0.256 e. The molecule has 0 saturated carbocycles. The highest BCUT2D eigenvalue weighted by Crippen LogP contribution is 2.30. The van der Waals surface area contributed by atoms with Gasteiger partial charge in [-0.3, -0.25) is 9.59 Å². The van der Waals surface area contributed by atoms with Gasteiger partial charge >= 0.3 is 0 Å². The lowest BCUT2D eigenvalue weighted by Crippen LogP contribution is -2.54. The summed E-state index contributed by atoms with van der Waals surface area (Å²) in [4.78, 5) is 26.6. The number of sulfonamides is 1. The van der Waals surface area contributed by atoms with Crippen molar-refractivity contribution in [2.45, 2.75) is 24.9 Å². The number of fused-ring (bicyclic) bond motifs is 2. The minimum Gasteiger partial charge on any atom is -0.326 e. The van der Waals surface area contributed by atoms with E-state index in [1.165, 1.54) is 11.0 Å². The smallest absolute Gasteiger partial charge is 0.256 e. The Kier molecular flexibility index (Phi) is 4.07. The highest BCUT2D eigenvalue weighted by molar-refractivity contribution is 7.88. The Morgan fingerprint density at radius 1 is 1.35 bits per heavy atom. The third-order valence-corrected chi connectivity index (χ3v) is 5.01. The van der Waals surface area contributed by atoms with E-state index in [9.17, 15) is 18.0 Å². The van der Waals surface area contributed by atoms with E-state index in [0.717, 1.165) is 6.26 Å². The third kappa shape index (κ3) is 3.34. The van der Waals surface area contributed by atoms with Crippen LogP contribution in [-0.4, -0.2) is 50.0 Å². The van der Waals surface area contributed by atoms with E-state index in [4.69, 9.17) is 11.6 Å². The van der Waals surface area contributed by atoms with Crippen molar-refractivity contribution in [1.29, 1.82) is 0 Å². The van der Waals surface area contributed by atoms with Crippen molar-refractivity contribution in [3.05, 3.63) is 28.8 Å². The predicted molar refractivity (Wildman–Crippen MR) is 85.9 cm³/mol. The summed E-state index contributed by atoms with van der Waals surface area (Å²) in [7, 11) is -3.36. The minimum atomic E-state index is -3.36. The lowest BCUT2D eigenvalue weighted by molar-refractivity contribution is -0.121. The molecule has 9 heteroatoms. The van der Waals surface area contributed by atoms with Gasteiger partial charge in [-0.2, -0.15) is 0 Å². The van der Waals surface area contributed by atoms with Crippen molar-refractivity contribution in [2.75, 3.05) is 18.1 Å². The molecule has 124 valence electrons. The molecule has 1 aromatic carbocycles. The Bertz CT molecular complexity index is 780. The monoisotopic (exact) mass is 357 g/mol. The predicted octanol–water partition coefficient (Wildman–Crippen LogP) is 0.814. The Balaban J connectivity index is 1.90. The van der Waals surface area contributed by atoms with E-state index in [1.54, 1.807) is 12.1 Å². The Labute approximate surface area is 139 Å². The van der Waals surface area contributed by atoms with Gasteiger partial charge in [-0.05, 0) is 31.0 Å². The molecule has 0 bridgehead atoms. The summed E-state index contributed by atoms with van der Waals surface area (Å²) in [6.45, 7) is 0.312. The average Bonchev–Trinajstić information content (AvgIpc) is 2.53. The van der Waals surface area contributed by atoms with E-state index < -0.39 is 16.1 Å². The molecule has 2 heterocycles. The van der Waals surface area contributed by atoms with E-state index in [1.807, 2.05) is 0 Å². The van der Waals surface area contributed by atoms with Crippen molar-refractivity contribution in [1.82, 2.24) is 9.62 Å². The van der Waals surface area contributed by atoms with Crippen LogP contribution in [0.3, 0.4) is 0 Å². The summed E-state index contributed by atoms with van der Waals surface area (Å²) < 4.78 is 25.3. The standard InChI is InChI=1S/C14H16ClN3O4S/c1-23(21,22)17-9-4-5-18-12(7-9)13(19)16-11-6-8(15)2-3-10(11)14(18)20/h2-3,6,9,12,17H,4-5,7H2,1H3,(H,16,19). The first-order valence-electron chi connectivity index (χ1n) is 7.13. The molecule has 2 N–H and O–H groups in total. The zero-order valence-electron chi connectivity index (χ0n) is 12.4. The highest BCUT2D eigenvalue weighted by atomic mass is 35.5. The summed E-state index contributed by atoms with van der Waals surface area (Å²) in [5, 5.41) is 3.14. The molecular weight excluding hydrogens is 342 g/mol. The molecule has 2 amide bonds. The van der Waals surface area contributed by atoms with Gasteiger partial charge in [-0.15, -0.1) is 0 Å². The molecular formula is C14H16ClN3O4S. The summed E-state index contributed by atoms with van der Waals surface area (Å²) in [6, 6.07) is 3.65. The molecule has 0 aromatic heterocycles. The van der Waals surface area contributed by atoms with Crippen molar-refractivity contribution in [3.8, 4) is 0 Å². The second-order valence-electron chi connectivity index (χ2n) is 5.80. The first-order valence-corrected chi connectivity index (χ1v) is 9.40. The third-order valence-electron chi connectivity index (χ3n) is 4.02. The fraction of sp³-hybridized carbons (Fsp3) is 0.429. The number of hydrogen-bond donors (Lipinski definition) is 2. The van der Waals surface area contributed by atoms with E-state index in [0.29, 0.717) is 29.2 Å². The van der Waals surface area contributed by atoms with Crippen LogP contribution in [0, 0.1) is 0 Å². The lowest BCUT2D eigenvalue weighted by atomic mass is 9.97. The number of amides is 2. The molecule has 2 unspecified atom stereocenters. The molecule has 2 atom stereocenters. The van der Waals surface area contributed by atoms with Gasteiger partial charge in [-0.25, -0.2) is 13.1 Å². The number of halogens is 1. The SMILES string of the molecule is CS(=O)(=O)NC1CCN2C(=O)c3ccc(Cl)cc3NC(=O)C2C1. The Morgan fingerprint density at radius 2 is 2.09 bits per heavy atom. The minimum absolute atomic E-state index is 0.242. The molecule has 2 aliphatic rings. The second kappa shape index (κ2) is 5.77. The zero-order chi connectivity index (χ0) is 16.8. The number of rotatable bonds is 2. The molecule has 3 rings (SSSR count). The number of carbonyl (C=O) groups excluding carboxylic acids is 2. The summed E-state index contributed by atoms with van der Waals surface area (Å²) >= 11 is 5.92. The number of carbonyl (C=O) groups is 2. The number of benzene rings is 1. The molecule has 1 fully saturated rings. The zero-order valence-corrected chi connectivity index (χ0v) is 13.9. The van der Waals surface area contributed by atoms with Crippen molar-refractivity contribution in [3.63, 3.8) is 0 Å². The highest BCUT2D eigenvalue weighted by Gasteiger charge is 2.40. The number of hydrogen-bond acceptors (Lipinski definition) is 4. The van der Waals surface area contributed by atoms with Crippen LogP contribution < -0.4 is 10.0 Å².